The maximum absolute atomic E-state index is 14.2. The maximum atomic E-state index is 14.2. The quantitative estimate of drug-likeness (QED) is 0.262. The lowest BCUT2D eigenvalue weighted by Crippen LogP contribution is -2.35. The summed E-state index contributed by atoms with van der Waals surface area (Å²) in [6.45, 7) is 2.39. The summed E-state index contributed by atoms with van der Waals surface area (Å²) in [5.41, 5.74) is 1.67. The second-order valence-electron chi connectivity index (χ2n) is 9.39. The average molecular weight is 607 g/mol. The third-order valence-electron chi connectivity index (χ3n) is 6.80. The molecule has 1 aliphatic rings. The molecular weight excluding hydrogens is 579 g/mol. The minimum Gasteiger partial charge on any atom is -0.388 e. The molecule has 0 unspecified atom stereocenters. The van der Waals surface area contributed by atoms with Gasteiger partial charge in [-0.1, -0.05) is 30.3 Å². The first kappa shape index (κ1) is 27.3. The normalized spacial score (nSPS) is 13.6. The summed E-state index contributed by atoms with van der Waals surface area (Å²) in [6, 6.07) is 18.7. The lowest BCUT2D eigenvalue weighted by molar-refractivity contribution is 0.102. The Labute approximate surface area is 239 Å². The van der Waals surface area contributed by atoms with E-state index in [4.69, 9.17) is 4.74 Å². The number of nitrogens with one attached hydrogen (secondary N) is 2. The zero-order valence-corrected chi connectivity index (χ0v) is 23.2. The molecule has 0 bridgehead atoms. The van der Waals surface area contributed by atoms with Crippen LogP contribution in [-0.2, 0) is 0 Å². The van der Waals surface area contributed by atoms with Gasteiger partial charge >= 0.3 is 6.09 Å². The van der Waals surface area contributed by atoms with Crippen molar-refractivity contribution in [1.82, 2.24) is 20.1 Å². The van der Waals surface area contributed by atoms with Gasteiger partial charge in [0.2, 0.25) is 0 Å². The summed E-state index contributed by atoms with van der Waals surface area (Å²) < 4.78 is 21.4. The number of pyridine rings is 1. The van der Waals surface area contributed by atoms with E-state index in [0.29, 0.717) is 18.2 Å². The highest BCUT2D eigenvalue weighted by Gasteiger charge is 2.24. The molecule has 1 saturated heterocycles. The second-order valence-corrected chi connectivity index (χ2v) is 10.2. The van der Waals surface area contributed by atoms with Crippen LogP contribution in [0, 0.1) is 11.7 Å². The number of halogens is 2. The van der Waals surface area contributed by atoms with Gasteiger partial charge in [-0.15, -0.1) is 5.10 Å². The molecule has 2 amide bonds. The molecule has 1 fully saturated rings. The molecule has 3 heterocycles. The van der Waals surface area contributed by atoms with Crippen LogP contribution in [0.4, 0.5) is 20.7 Å². The van der Waals surface area contributed by atoms with Gasteiger partial charge in [-0.05, 0) is 77.5 Å². The molecule has 9 nitrogen and oxygen atoms in total. The summed E-state index contributed by atoms with van der Waals surface area (Å²) in [5.74, 6) is -0.649. The number of piperidine rings is 1. The first-order valence-electron chi connectivity index (χ1n) is 13.0. The summed E-state index contributed by atoms with van der Waals surface area (Å²) in [7, 11) is 0. The van der Waals surface area contributed by atoms with Gasteiger partial charge in [0.05, 0.1) is 11.3 Å². The van der Waals surface area contributed by atoms with Gasteiger partial charge in [0.15, 0.2) is 5.82 Å². The van der Waals surface area contributed by atoms with Gasteiger partial charge in [-0.3, -0.25) is 9.78 Å². The van der Waals surface area contributed by atoms with Gasteiger partial charge < -0.3 is 20.3 Å². The van der Waals surface area contributed by atoms with Gasteiger partial charge in [0.1, 0.15) is 10.3 Å². The van der Waals surface area contributed by atoms with Crippen LogP contribution in [-0.4, -0.2) is 46.4 Å². The van der Waals surface area contributed by atoms with Crippen molar-refractivity contribution < 1.29 is 18.7 Å². The van der Waals surface area contributed by atoms with Gasteiger partial charge in [0.25, 0.3) is 11.8 Å². The Kier molecular flexibility index (Phi) is 8.70. The van der Waals surface area contributed by atoms with Gasteiger partial charge in [-0.2, -0.15) is 0 Å². The van der Waals surface area contributed by atoms with E-state index in [1.165, 1.54) is 28.6 Å². The molecule has 11 heteroatoms. The van der Waals surface area contributed by atoms with Crippen LogP contribution >= 0.6 is 15.9 Å². The second kappa shape index (κ2) is 12.7. The largest absolute Gasteiger partial charge is 0.414 e. The molecule has 4 aromatic rings. The van der Waals surface area contributed by atoms with Crippen molar-refractivity contribution in [2.45, 2.75) is 19.3 Å². The number of ether oxygens (including phenoxy) is 1. The molecule has 0 atom stereocenters. The number of benzene rings is 2. The Hall–Kier alpha value is -4.25. The monoisotopic (exact) mass is 606 g/mol. The Bertz CT molecular complexity index is 1460. The van der Waals surface area contributed by atoms with E-state index in [-0.39, 0.29) is 21.7 Å². The van der Waals surface area contributed by atoms with Gasteiger partial charge in [0, 0.05) is 37.7 Å². The topological polar surface area (TPSA) is 101 Å². The molecule has 2 aromatic heterocycles. The fraction of sp³-hybridized carbons (Fsp3) is 0.241. The predicted molar refractivity (Wildman–Crippen MR) is 153 cm³/mol. The van der Waals surface area contributed by atoms with Crippen molar-refractivity contribution in [3.05, 3.63) is 95.0 Å². The number of hydrogen-bond acceptors (Lipinski definition) is 6. The number of aromatic nitrogens is 3. The number of carbonyl (C=O) groups is 2. The van der Waals surface area contributed by atoms with E-state index >= 15 is 0 Å². The maximum Gasteiger partial charge on any atom is 0.414 e. The zero-order valence-electron chi connectivity index (χ0n) is 21.6. The van der Waals surface area contributed by atoms with E-state index in [1.807, 2.05) is 30.3 Å². The van der Waals surface area contributed by atoms with Crippen molar-refractivity contribution in [3.63, 3.8) is 0 Å². The smallest absolute Gasteiger partial charge is 0.388 e. The van der Waals surface area contributed by atoms with Crippen LogP contribution in [0.25, 0.3) is 5.69 Å². The van der Waals surface area contributed by atoms with E-state index in [2.05, 4.69) is 41.5 Å². The minimum atomic E-state index is -0.665. The first-order valence-corrected chi connectivity index (χ1v) is 13.8. The van der Waals surface area contributed by atoms with E-state index in [9.17, 15) is 14.0 Å². The molecule has 1 aliphatic heterocycles. The number of nitrogens with zero attached hydrogens (tertiary/aromatic N) is 4. The lowest BCUT2D eigenvalue weighted by atomic mass is 9.93. The number of rotatable bonds is 8. The molecule has 0 spiro atoms. The van der Waals surface area contributed by atoms with Gasteiger partial charge in [-0.25, -0.2) is 13.9 Å². The number of amides is 2. The molecule has 0 saturated carbocycles. The molecule has 2 aromatic carbocycles. The molecule has 5 rings (SSSR count). The number of hydrogen-bond donors (Lipinski definition) is 2. The van der Waals surface area contributed by atoms with E-state index in [0.717, 1.165) is 32.4 Å². The molecule has 0 aliphatic carbocycles. The summed E-state index contributed by atoms with van der Waals surface area (Å²) in [6.07, 6.45) is 5.87. The first-order chi connectivity index (χ1) is 19.5. The van der Waals surface area contributed by atoms with E-state index in [1.54, 1.807) is 30.6 Å². The number of para-hydroxylation sites is 1. The Morgan fingerprint density at radius 3 is 2.40 bits per heavy atom. The molecule has 0 radical (unpaired) electrons. The molecule has 206 valence electrons. The van der Waals surface area contributed by atoms with Crippen LogP contribution in [0.2, 0.25) is 0 Å². The minimum absolute atomic E-state index is 0.0316. The van der Waals surface area contributed by atoms with E-state index < -0.39 is 17.8 Å². The van der Waals surface area contributed by atoms with Crippen molar-refractivity contribution >= 4 is 39.4 Å². The highest BCUT2D eigenvalue weighted by atomic mass is 79.9. The molecule has 40 heavy (non-hydrogen) atoms. The lowest BCUT2D eigenvalue weighted by Gasteiger charge is -2.33. The summed E-state index contributed by atoms with van der Waals surface area (Å²) in [5, 5.41) is 9.88. The van der Waals surface area contributed by atoms with Crippen molar-refractivity contribution in [2.75, 3.05) is 29.9 Å². The van der Waals surface area contributed by atoms with Crippen LogP contribution in [0.15, 0.2) is 83.6 Å². The predicted octanol–water partition coefficient (Wildman–Crippen LogP) is 5.82. The fourth-order valence-electron chi connectivity index (χ4n) is 4.67. The SMILES string of the molecule is O=C(NCCC1CCN(c2ccncc2)CC1)Oc1nn(-c2ccccc2)c(NC(=O)c2ccccc2F)c1Br. The van der Waals surface area contributed by atoms with Crippen molar-refractivity contribution in [1.29, 1.82) is 0 Å². The standard InChI is InChI=1S/C29H28BrFN6O3/c30-25-26(34-27(38)23-8-4-5-9-24(23)31)37(22-6-2-1-3-7-22)35-28(25)40-29(39)33-17-10-20-13-18-36(19-14-20)21-11-15-32-16-12-21/h1-9,11-12,15-16,20H,10,13-14,17-19H2,(H,33,39)(H,34,38). The Morgan fingerprint density at radius 2 is 1.68 bits per heavy atom. The molecule has 2 N–H and O–H groups in total. The highest BCUT2D eigenvalue weighted by molar-refractivity contribution is 9.10. The number of carbonyl (C=O) groups excluding carboxylic acids is 2. The summed E-state index contributed by atoms with van der Waals surface area (Å²) in [4.78, 5) is 31.9. The average Bonchev–Trinajstić information content (AvgIpc) is 3.28. The third-order valence-corrected chi connectivity index (χ3v) is 7.52. The van der Waals surface area contributed by atoms with Crippen LogP contribution in [0.5, 0.6) is 5.88 Å². The molecular formula is C29H28BrFN6O3. The van der Waals surface area contributed by atoms with Crippen LogP contribution in [0.3, 0.4) is 0 Å². The van der Waals surface area contributed by atoms with Crippen molar-refractivity contribution in [3.8, 4) is 11.6 Å². The Morgan fingerprint density at radius 1 is 0.975 bits per heavy atom. The third kappa shape index (κ3) is 6.48. The fourth-order valence-corrected chi connectivity index (χ4v) is 5.09. The highest BCUT2D eigenvalue weighted by Crippen LogP contribution is 2.35. The number of anilines is 2. The van der Waals surface area contributed by atoms with Crippen molar-refractivity contribution in [2.24, 2.45) is 5.92 Å². The zero-order chi connectivity index (χ0) is 27.9. The van der Waals surface area contributed by atoms with Crippen LogP contribution < -0.4 is 20.3 Å². The summed E-state index contributed by atoms with van der Waals surface area (Å²) >= 11 is 3.40. The van der Waals surface area contributed by atoms with Crippen LogP contribution in [0.1, 0.15) is 29.6 Å². The Balaban J connectivity index is 1.20.